The maximum absolute atomic E-state index is 4.34. The van der Waals surface area contributed by atoms with E-state index in [0.717, 1.165) is 11.7 Å². The van der Waals surface area contributed by atoms with Gasteiger partial charge in [0.15, 0.2) is 0 Å². The van der Waals surface area contributed by atoms with Crippen molar-refractivity contribution in [1.82, 2.24) is 0 Å². The maximum Gasteiger partial charge on any atom is -0.00315 e. The molecule has 0 N–H and O–H groups in total. The summed E-state index contributed by atoms with van der Waals surface area (Å²) in [5.41, 5.74) is 2.87. The summed E-state index contributed by atoms with van der Waals surface area (Å²) in [7, 11) is 0. The van der Waals surface area contributed by atoms with Gasteiger partial charge in [-0.15, -0.1) is 0 Å². The van der Waals surface area contributed by atoms with E-state index in [2.05, 4.69) is 71.5 Å². The number of benzene rings is 1. The first-order valence-corrected chi connectivity index (χ1v) is 8.41. The van der Waals surface area contributed by atoms with Crippen LogP contribution in [0.25, 0.3) is 0 Å². The monoisotopic (exact) mass is 280 g/mol. The van der Waals surface area contributed by atoms with E-state index in [0.29, 0.717) is 5.92 Å². The zero-order chi connectivity index (χ0) is 14.7. The minimum atomic E-state index is 0.561. The zero-order valence-electron chi connectivity index (χ0n) is 13.4. The van der Waals surface area contributed by atoms with Crippen LogP contribution in [-0.4, -0.2) is 5.75 Å². The highest BCUT2D eigenvalue weighted by atomic mass is 32.1. The summed E-state index contributed by atoms with van der Waals surface area (Å²) in [6.45, 7) is 11.1. The number of hydrogen-bond acceptors (Lipinski definition) is 1. The fourth-order valence-corrected chi connectivity index (χ4v) is 2.30. The Morgan fingerprint density at radius 1 is 1.00 bits per heavy atom. The van der Waals surface area contributed by atoms with E-state index in [4.69, 9.17) is 0 Å². The highest BCUT2D eigenvalue weighted by molar-refractivity contribution is 7.80. The van der Waals surface area contributed by atoms with Crippen LogP contribution in [0.3, 0.4) is 0 Å². The predicted molar refractivity (Wildman–Crippen MR) is 92.5 cm³/mol. The Hall–Kier alpha value is -0.430. The molecule has 0 aliphatic heterocycles. The predicted octanol–water partition coefficient (Wildman–Crippen LogP) is 6.11. The fourth-order valence-electron chi connectivity index (χ4n) is 2.08. The molecule has 0 aliphatic rings. The van der Waals surface area contributed by atoms with Crippen molar-refractivity contribution in [1.29, 1.82) is 0 Å². The van der Waals surface area contributed by atoms with Crippen molar-refractivity contribution in [3.05, 3.63) is 35.4 Å². The second kappa shape index (κ2) is 11.4. The maximum atomic E-state index is 4.34. The highest BCUT2D eigenvalue weighted by Crippen LogP contribution is 2.19. The van der Waals surface area contributed by atoms with Crippen molar-refractivity contribution in [2.45, 2.75) is 66.2 Å². The second-order valence-electron chi connectivity index (χ2n) is 5.63. The Bertz CT molecular complexity index is 302. The molecule has 0 heterocycles. The molecule has 1 aromatic carbocycles. The molecule has 0 radical (unpaired) electrons. The summed E-state index contributed by atoms with van der Waals surface area (Å²) in [6, 6.07) is 9.08. The van der Waals surface area contributed by atoms with Gasteiger partial charge >= 0.3 is 0 Å². The summed E-state index contributed by atoms with van der Waals surface area (Å²) in [6.07, 6.45) is 5.08. The van der Waals surface area contributed by atoms with E-state index in [1.54, 1.807) is 0 Å². The second-order valence-corrected chi connectivity index (χ2v) is 6.00. The molecule has 1 aromatic rings. The van der Waals surface area contributed by atoms with Crippen molar-refractivity contribution < 1.29 is 0 Å². The Morgan fingerprint density at radius 3 is 1.95 bits per heavy atom. The van der Waals surface area contributed by atoms with Gasteiger partial charge in [0, 0.05) is 0 Å². The molecule has 0 saturated carbocycles. The first kappa shape index (κ1) is 18.6. The van der Waals surface area contributed by atoms with Gasteiger partial charge in [-0.25, -0.2) is 0 Å². The van der Waals surface area contributed by atoms with E-state index in [1.165, 1.54) is 36.8 Å². The molecular weight excluding hydrogens is 248 g/mol. The van der Waals surface area contributed by atoms with E-state index < -0.39 is 0 Å². The molecule has 0 aromatic heterocycles. The van der Waals surface area contributed by atoms with Crippen LogP contribution in [-0.2, 0) is 6.42 Å². The third-order valence-corrected chi connectivity index (χ3v) is 3.74. The summed E-state index contributed by atoms with van der Waals surface area (Å²) in [4.78, 5) is 0. The lowest BCUT2D eigenvalue weighted by molar-refractivity contribution is 0.522. The van der Waals surface area contributed by atoms with Crippen LogP contribution in [0.1, 0.15) is 70.9 Å². The Morgan fingerprint density at radius 2 is 1.53 bits per heavy atom. The van der Waals surface area contributed by atoms with Crippen molar-refractivity contribution >= 4 is 12.6 Å². The first-order chi connectivity index (χ1) is 9.08. The standard InChI is InChI=1S/C15H24S.C3H8/c1-4-5-12(2)10-14-6-8-15(9-7-14)13(3)11-16;1-3-2/h6-9,12-13,16H,4-5,10-11H2,1-3H3;3H2,1-2H3. The molecule has 0 spiro atoms. The summed E-state index contributed by atoms with van der Waals surface area (Å²) < 4.78 is 0. The Kier molecular flexibility index (Phi) is 11.1. The molecule has 19 heavy (non-hydrogen) atoms. The van der Waals surface area contributed by atoms with Gasteiger partial charge in [0.1, 0.15) is 0 Å². The minimum Gasteiger partial charge on any atom is -0.179 e. The molecule has 2 atom stereocenters. The van der Waals surface area contributed by atoms with Crippen LogP contribution >= 0.6 is 12.6 Å². The zero-order valence-corrected chi connectivity index (χ0v) is 14.3. The molecule has 2 unspecified atom stereocenters. The van der Waals surface area contributed by atoms with Gasteiger partial charge in [-0.05, 0) is 35.1 Å². The lowest BCUT2D eigenvalue weighted by atomic mass is 9.95. The smallest absolute Gasteiger partial charge is 0.00315 e. The average molecular weight is 281 g/mol. The van der Waals surface area contributed by atoms with E-state index in [9.17, 15) is 0 Å². The van der Waals surface area contributed by atoms with Crippen LogP contribution < -0.4 is 0 Å². The largest absolute Gasteiger partial charge is 0.179 e. The molecule has 0 aliphatic carbocycles. The van der Waals surface area contributed by atoms with Gasteiger partial charge in [0.25, 0.3) is 0 Å². The van der Waals surface area contributed by atoms with Gasteiger partial charge in [-0.3, -0.25) is 0 Å². The van der Waals surface area contributed by atoms with Crippen LogP contribution in [0.15, 0.2) is 24.3 Å². The molecule has 0 saturated heterocycles. The van der Waals surface area contributed by atoms with Gasteiger partial charge < -0.3 is 0 Å². The molecule has 0 nitrogen and oxygen atoms in total. The Balaban J connectivity index is 0.000000982. The SMILES string of the molecule is CCC.CCCC(C)Cc1ccc(C(C)CS)cc1. The van der Waals surface area contributed by atoms with Crippen LogP contribution in [0.2, 0.25) is 0 Å². The minimum absolute atomic E-state index is 0.561. The van der Waals surface area contributed by atoms with Gasteiger partial charge in [-0.2, -0.15) is 12.6 Å². The van der Waals surface area contributed by atoms with Crippen LogP contribution in [0.4, 0.5) is 0 Å². The lowest BCUT2D eigenvalue weighted by Gasteiger charge is -2.12. The molecule has 0 fully saturated rings. The molecule has 1 heteroatoms. The fraction of sp³-hybridized carbons (Fsp3) is 0.667. The molecule has 0 amide bonds. The highest BCUT2D eigenvalue weighted by Gasteiger charge is 2.05. The van der Waals surface area contributed by atoms with E-state index >= 15 is 0 Å². The third kappa shape index (κ3) is 8.36. The third-order valence-electron chi connectivity index (χ3n) is 3.19. The molecule has 1 rings (SSSR count). The average Bonchev–Trinajstić information content (AvgIpc) is 2.40. The van der Waals surface area contributed by atoms with Crippen LogP contribution in [0.5, 0.6) is 0 Å². The van der Waals surface area contributed by atoms with Crippen LogP contribution in [0, 0.1) is 5.92 Å². The van der Waals surface area contributed by atoms with Gasteiger partial charge in [0.05, 0.1) is 0 Å². The number of thiol groups is 1. The lowest BCUT2D eigenvalue weighted by Crippen LogP contribution is -2.00. The van der Waals surface area contributed by atoms with E-state index in [-0.39, 0.29) is 0 Å². The number of hydrogen-bond donors (Lipinski definition) is 1. The van der Waals surface area contributed by atoms with Crippen molar-refractivity contribution in [3.63, 3.8) is 0 Å². The molecule has 110 valence electrons. The van der Waals surface area contributed by atoms with Gasteiger partial charge in [-0.1, -0.05) is 78.1 Å². The number of rotatable bonds is 6. The summed E-state index contributed by atoms with van der Waals surface area (Å²) in [5, 5.41) is 0. The normalized spacial score (nSPS) is 13.4. The Labute approximate surface area is 126 Å². The van der Waals surface area contributed by atoms with Crippen molar-refractivity contribution in [2.24, 2.45) is 5.92 Å². The molecule has 0 bridgehead atoms. The summed E-state index contributed by atoms with van der Waals surface area (Å²) >= 11 is 4.34. The topological polar surface area (TPSA) is 0 Å². The van der Waals surface area contributed by atoms with Crippen molar-refractivity contribution in [3.8, 4) is 0 Å². The first-order valence-electron chi connectivity index (χ1n) is 7.78. The van der Waals surface area contributed by atoms with E-state index in [1.807, 2.05) is 0 Å². The summed E-state index contributed by atoms with van der Waals surface area (Å²) in [5.74, 6) is 2.29. The molecular formula is C18H32S. The quantitative estimate of drug-likeness (QED) is 0.597. The van der Waals surface area contributed by atoms with Gasteiger partial charge in [0.2, 0.25) is 0 Å². The van der Waals surface area contributed by atoms with Crippen molar-refractivity contribution in [2.75, 3.05) is 5.75 Å².